The number of hydrogen-bond acceptors (Lipinski definition) is 1. The minimum atomic E-state index is 0.481. The number of fused-ring (bicyclic) bond motifs is 1. The van der Waals surface area contributed by atoms with E-state index in [0.717, 1.165) is 19.5 Å². The van der Waals surface area contributed by atoms with Crippen molar-refractivity contribution in [1.29, 1.82) is 0 Å². The molecule has 1 aliphatic heterocycles. The second-order valence-corrected chi connectivity index (χ2v) is 3.24. The highest BCUT2D eigenvalue weighted by Crippen LogP contribution is 2.20. The fourth-order valence-electron chi connectivity index (χ4n) is 1.85. The summed E-state index contributed by atoms with van der Waals surface area (Å²) in [4.78, 5) is 0. The Hall–Kier alpha value is -0.860. The van der Waals surface area contributed by atoms with Crippen LogP contribution in [0.15, 0.2) is 24.3 Å². The highest BCUT2D eigenvalue weighted by Gasteiger charge is 2.18. The maximum atomic E-state index is 3.95. The average molecular weight is 163 g/mol. The zero-order valence-corrected chi connectivity index (χ0v) is 7.22. The molecule has 4 N–H and O–H groups in total. The standard InChI is InChI=1S/C10H14N2/c11-7-10-9-4-2-1-3-8(9)5-6-12-10/h1-4,10,12H,5-7,11H2/p+1. The number of quaternary nitrogens is 1. The van der Waals surface area contributed by atoms with Crippen LogP contribution in [0.25, 0.3) is 0 Å². The molecule has 1 aromatic carbocycles. The van der Waals surface area contributed by atoms with Crippen LogP contribution < -0.4 is 11.1 Å². The molecule has 64 valence electrons. The third-order valence-corrected chi connectivity index (χ3v) is 2.50. The van der Waals surface area contributed by atoms with Crippen molar-refractivity contribution < 1.29 is 5.73 Å². The molecule has 0 saturated heterocycles. The molecule has 2 rings (SSSR count). The summed E-state index contributed by atoms with van der Waals surface area (Å²) in [7, 11) is 0. The molecule has 0 saturated carbocycles. The zero-order chi connectivity index (χ0) is 8.39. The van der Waals surface area contributed by atoms with E-state index < -0.39 is 0 Å². The van der Waals surface area contributed by atoms with Gasteiger partial charge in [0.05, 0.1) is 12.6 Å². The van der Waals surface area contributed by atoms with E-state index in [0.29, 0.717) is 6.04 Å². The van der Waals surface area contributed by atoms with E-state index in [2.05, 4.69) is 35.3 Å². The summed E-state index contributed by atoms with van der Waals surface area (Å²) >= 11 is 0. The van der Waals surface area contributed by atoms with Crippen LogP contribution in [0.1, 0.15) is 17.2 Å². The van der Waals surface area contributed by atoms with Crippen LogP contribution in [-0.4, -0.2) is 13.1 Å². The molecule has 12 heavy (non-hydrogen) atoms. The predicted octanol–water partition coefficient (Wildman–Crippen LogP) is 0.115. The predicted molar refractivity (Wildman–Crippen MR) is 48.6 cm³/mol. The molecule has 0 spiro atoms. The van der Waals surface area contributed by atoms with Gasteiger partial charge >= 0.3 is 0 Å². The molecule has 1 atom stereocenters. The molecule has 0 aliphatic carbocycles. The van der Waals surface area contributed by atoms with E-state index in [-0.39, 0.29) is 0 Å². The Kier molecular flexibility index (Phi) is 2.11. The number of hydrogen-bond donors (Lipinski definition) is 2. The fraction of sp³-hybridized carbons (Fsp3) is 0.400. The normalized spacial score (nSPS) is 21.9. The van der Waals surface area contributed by atoms with Crippen molar-refractivity contribution in [2.45, 2.75) is 12.5 Å². The van der Waals surface area contributed by atoms with Gasteiger partial charge in [-0.1, -0.05) is 24.3 Å². The second-order valence-electron chi connectivity index (χ2n) is 3.24. The first-order valence-electron chi connectivity index (χ1n) is 4.52. The van der Waals surface area contributed by atoms with Crippen molar-refractivity contribution in [3.05, 3.63) is 35.4 Å². The van der Waals surface area contributed by atoms with Crippen molar-refractivity contribution in [2.24, 2.45) is 0 Å². The summed E-state index contributed by atoms with van der Waals surface area (Å²) in [5.74, 6) is 0. The van der Waals surface area contributed by atoms with Crippen LogP contribution in [0.3, 0.4) is 0 Å². The molecule has 2 nitrogen and oxygen atoms in total. The highest BCUT2D eigenvalue weighted by molar-refractivity contribution is 5.32. The van der Waals surface area contributed by atoms with Gasteiger partial charge in [-0.05, 0) is 24.1 Å². The van der Waals surface area contributed by atoms with E-state index in [1.165, 1.54) is 11.1 Å². The maximum Gasteiger partial charge on any atom is 0.0938 e. The fourth-order valence-corrected chi connectivity index (χ4v) is 1.85. The summed E-state index contributed by atoms with van der Waals surface area (Å²) in [6.07, 6.45) is 1.16. The molecule has 0 radical (unpaired) electrons. The summed E-state index contributed by atoms with van der Waals surface area (Å²) < 4.78 is 0. The van der Waals surface area contributed by atoms with Crippen LogP contribution in [0.4, 0.5) is 0 Å². The van der Waals surface area contributed by atoms with Crippen LogP contribution in [0.5, 0.6) is 0 Å². The highest BCUT2D eigenvalue weighted by atomic mass is 14.9. The molecule has 2 heteroatoms. The maximum absolute atomic E-state index is 3.95. The lowest BCUT2D eigenvalue weighted by molar-refractivity contribution is -0.374. The van der Waals surface area contributed by atoms with E-state index in [1.54, 1.807) is 0 Å². The first-order chi connectivity index (χ1) is 5.92. The molecule has 0 aromatic heterocycles. The molecule has 1 unspecified atom stereocenters. The largest absolute Gasteiger partial charge is 0.356 e. The summed E-state index contributed by atoms with van der Waals surface area (Å²) in [6.45, 7) is 2.04. The minimum Gasteiger partial charge on any atom is -0.356 e. The lowest BCUT2D eigenvalue weighted by Gasteiger charge is -2.24. The number of benzene rings is 1. The van der Waals surface area contributed by atoms with E-state index in [9.17, 15) is 0 Å². The van der Waals surface area contributed by atoms with E-state index in [4.69, 9.17) is 0 Å². The third kappa shape index (κ3) is 1.24. The van der Waals surface area contributed by atoms with Gasteiger partial charge in [0.25, 0.3) is 0 Å². The Balaban J connectivity index is 2.37. The van der Waals surface area contributed by atoms with Gasteiger partial charge in [0.1, 0.15) is 0 Å². The molecule has 0 fully saturated rings. The number of rotatable bonds is 1. The minimum absolute atomic E-state index is 0.481. The van der Waals surface area contributed by atoms with E-state index >= 15 is 0 Å². The summed E-state index contributed by atoms with van der Waals surface area (Å²) in [5.41, 5.74) is 6.88. The molecule has 0 amide bonds. The Labute approximate surface area is 72.8 Å². The molecule has 0 bridgehead atoms. The third-order valence-electron chi connectivity index (χ3n) is 2.50. The zero-order valence-electron chi connectivity index (χ0n) is 7.22. The van der Waals surface area contributed by atoms with Gasteiger partial charge in [0.15, 0.2) is 0 Å². The van der Waals surface area contributed by atoms with Gasteiger partial charge in [-0.15, -0.1) is 0 Å². The molecule has 1 aromatic rings. The van der Waals surface area contributed by atoms with Crippen molar-refractivity contribution in [3.63, 3.8) is 0 Å². The van der Waals surface area contributed by atoms with Gasteiger partial charge < -0.3 is 11.1 Å². The molecular weight excluding hydrogens is 148 g/mol. The van der Waals surface area contributed by atoms with Crippen molar-refractivity contribution in [2.75, 3.05) is 13.1 Å². The number of nitrogens with one attached hydrogen (secondary N) is 1. The van der Waals surface area contributed by atoms with Gasteiger partial charge in [0.2, 0.25) is 0 Å². The van der Waals surface area contributed by atoms with Crippen molar-refractivity contribution in [1.82, 2.24) is 5.32 Å². The van der Waals surface area contributed by atoms with Crippen LogP contribution in [0, 0.1) is 0 Å². The lowest BCUT2D eigenvalue weighted by atomic mass is 9.95. The van der Waals surface area contributed by atoms with Gasteiger partial charge in [-0.25, -0.2) is 0 Å². The van der Waals surface area contributed by atoms with Crippen LogP contribution >= 0.6 is 0 Å². The second kappa shape index (κ2) is 3.25. The first kappa shape index (κ1) is 7.77. The molecule has 1 heterocycles. The first-order valence-corrected chi connectivity index (χ1v) is 4.52. The lowest BCUT2D eigenvalue weighted by Crippen LogP contribution is -2.56. The smallest absolute Gasteiger partial charge is 0.0938 e. The SMILES string of the molecule is [NH3+]CC1NCCc2ccccc21. The van der Waals surface area contributed by atoms with Crippen LogP contribution in [-0.2, 0) is 6.42 Å². The van der Waals surface area contributed by atoms with Gasteiger partial charge in [-0.3, -0.25) is 0 Å². The average Bonchev–Trinajstić information content (AvgIpc) is 2.17. The quantitative estimate of drug-likeness (QED) is 0.606. The van der Waals surface area contributed by atoms with Gasteiger partial charge in [0, 0.05) is 0 Å². The Bertz CT molecular complexity index is 270. The topological polar surface area (TPSA) is 39.7 Å². The van der Waals surface area contributed by atoms with Crippen LogP contribution in [0.2, 0.25) is 0 Å². The Morgan fingerprint density at radius 3 is 3.08 bits per heavy atom. The van der Waals surface area contributed by atoms with E-state index in [1.807, 2.05) is 0 Å². The summed E-state index contributed by atoms with van der Waals surface area (Å²) in [5, 5.41) is 3.46. The molecule has 1 aliphatic rings. The monoisotopic (exact) mass is 163 g/mol. The molecular formula is C10H15N2+. The Morgan fingerprint density at radius 2 is 2.25 bits per heavy atom. The van der Waals surface area contributed by atoms with Gasteiger partial charge in [-0.2, -0.15) is 0 Å². The summed E-state index contributed by atoms with van der Waals surface area (Å²) in [6, 6.07) is 9.13. The van der Waals surface area contributed by atoms with Crippen molar-refractivity contribution >= 4 is 0 Å². The van der Waals surface area contributed by atoms with Crippen molar-refractivity contribution in [3.8, 4) is 0 Å². The Morgan fingerprint density at radius 1 is 1.42 bits per heavy atom.